The lowest BCUT2D eigenvalue weighted by Gasteiger charge is -2.44. The van der Waals surface area contributed by atoms with E-state index in [0.29, 0.717) is 26.7 Å². The number of nitrogens with one attached hydrogen (secondary N) is 1. The van der Waals surface area contributed by atoms with Crippen molar-refractivity contribution in [2.75, 3.05) is 0 Å². The van der Waals surface area contributed by atoms with Crippen molar-refractivity contribution in [2.45, 2.75) is 58.2 Å². The van der Waals surface area contributed by atoms with Gasteiger partial charge in [-0.1, -0.05) is 41.5 Å². The van der Waals surface area contributed by atoms with E-state index in [9.17, 15) is 9.59 Å². The number of imide groups is 1. The first-order chi connectivity index (χ1) is 10.6. The Bertz CT molecular complexity index is 652. The van der Waals surface area contributed by atoms with Gasteiger partial charge in [0.2, 0.25) is 0 Å². The van der Waals surface area contributed by atoms with Crippen LogP contribution in [-0.2, 0) is 9.59 Å². The average molecular weight is 397 g/mol. The first-order valence-corrected chi connectivity index (χ1v) is 11.1. The van der Waals surface area contributed by atoms with E-state index in [1.165, 1.54) is 0 Å². The smallest absolute Gasteiger partial charge is 0.265 e. The molecular weight excluding hydrogens is 372 g/mol. The number of carbonyl (C=O) groups excluding carboxylic acids is 2. The van der Waals surface area contributed by atoms with Gasteiger partial charge in [0, 0.05) is 11.8 Å². The maximum atomic E-state index is 12.0. The zero-order chi connectivity index (χ0) is 17.5. The van der Waals surface area contributed by atoms with Crippen molar-refractivity contribution in [2.24, 2.45) is 0 Å². The second kappa shape index (κ2) is 6.40. The number of rotatable bonds is 5. The minimum Gasteiger partial charge on any atom is -0.379 e. The molecule has 0 bridgehead atoms. The third-order valence-electron chi connectivity index (χ3n) is 5.08. The molecule has 1 aromatic rings. The van der Waals surface area contributed by atoms with Crippen molar-refractivity contribution in [3.8, 4) is 0 Å². The molecule has 0 saturated heterocycles. The van der Waals surface area contributed by atoms with Gasteiger partial charge in [-0.3, -0.25) is 14.9 Å². The highest BCUT2D eigenvalue weighted by molar-refractivity contribution is 9.12. The summed E-state index contributed by atoms with van der Waals surface area (Å²) in [6.45, 7) is 13.8. The number of halogens is 1. The third-order valence-corrected chi connectivity index (χ3v) is 12.6. The van der Waals surface area contributed by atoms with Gasteiger partial charge in [-0.2, -0.15) is 0 Å². The maximum Gasteiger partial charge on any atom is 0.265 e. The number of hydrogen-bond donors (Lipinski definition) is 1. The third kappa shape index (κ3) is 2.76. The van der Waals surface area contributed by atoms with Gasteiger partial charge in [0.05, 0.1) is 10.1 Å². The molecule has 6 heteroatoms. The number of nitrogens with zero attached hydrogens (tertiary/aromatic N) is 1. The van der Waals surface area contributed by atoms with E-state index in [-0.39, 0.29) is 11.8 Å². The fourth-order valence-electron chi connectivity index (χ4n) is 4.37. The predicted octanol–water partition coefficient (Wildman–Crippen LogP) is 4.27. The Morgan fingerprint density at radius 1 is 1.00 bits per heavy atom. The molecule has 0 radical (unpaired) electrons. The molecule has 0 aliphatic carbocycles. The summed E-state index contributed by atoms with van der Waals surface area (Å²) in [6, 6.07) is 1.95. The lowest BCUT2D eigenvalue weighted by Crippen LogP contribution is -2.51. The minimum atomic E-state index is -1.83. The topological polar surface area (TPSA) is 51.1 Å². The Kier molecular flexibility index (Phi) is 5.06. The molecule has 1 N–H and O–H groups in total. The summed E-state index contributed by atoms with van der Waals surface area (Å²) in [6.07, 6.45) is 4.14. The van der Waals surface area contributed by atoms with Crippen LogP contribution >= 0.6 is 15.9 Å². The fourth-order valence-corrected chi connectivity index (χ4v) is 11.4. The van der Waals surface area contributed by atoms with Crippen molar-refractivity contribution in [3.05, 3.63) is 28.5 Å². The largest absolute Gasteiger partial charge is 0.379 e. The SMILES string of the molecule is CC(C)[Si](C(C)C)(C(C)C)n1ccc(C2=C(Br)C(=O)NC2=O)c1. The highest BCUT2D eigenvalue weighted by Crippen LogP contribution is 2.43. The summed E-state index contributed by atoms with van der Waals surface area (Å²) in [5.74, 6) is -0.691. The fraction of sp³-hybridized carbons (Fsp3) is 0.529. The number of amides is 2. The Balaban J connectivity index is 2.57. The Morgan fingerprint density at radius 3 is 1.91 bits per heavy atom. The van der Waals surface area contributed by atoms with E-state index >= 15 is 0 Å². The molecule has 4 nitrogen and oxygen atoms in total. The van der Waals surface area contributed by atoms with Crippen LogP contribution in [0.3, 0.4) is 0 Å². The molecule has 2 heterocycles. The van der Waals surface area contributed by atoms with Crippen LogP contribution in [0.5, 0.6) is 0 Å². The van der Waals surface area contributed by atoms with Crippen LogP contribution < -0.4 is 5.32 Å². The van der Waals surface area contributed by atoms with E-state index in [1.54, 1.807) is 0 Å². The summed E-state index contributed by atoms with van der Waals surface area (Å²) in [5, 5.41) is 2.33. The van der Waals surface area contributed by atoms with Gasteiger partial charge in [0.25, 0.3) is 11.8 Å². The molecule has 2 rings (SSSR count). The molecule has 2 amide bonds. The number of carbonyl (C=O) groups is 2. The second-order valence-electron chi connectivity index (χ2n) is 7.13. The molecule has 0 aromatic carbocycles. The minimum absolute atomic E-state index is 0.325. The van der Waals surface area contributed by atoms with Crippen molar-refractivity contribution in [1.29, 1.82) is 0 Å². The quantitative estimate of drug-likeness (QED) is 0.596. The van der Waals surface area contributed by atoms with Crippen LogP contribution in [0.15, 0.2) is 22.9 Å². The van der Waals surface area contributed by atoms with E-state index in [4.69, 9.17) is 0 Å². The molecule has 0 fully saturated rings. The summed E-state index contributed by atoms with van der Waals surface area (Å²) < 4.78 is 2.69. The molecule has 126 valence electrons. The second-order valence-corrected chi connectivity index (χ2v) is 13.7. The molecule has 23 heavy (non-hydrogen) atoms. The highest BCUT2D eigenvalue weighted by atomic mass is 79.9. The summed E-state index contributed by atoms with van der Waals surface area (Å²) >= 11 is 3.24. The van der Waals surface area contributed by atoms with Crippen molar-refractivity contribution >= 4 is 41.6 Å². The van der Waals surface area contributed by atoms with Crippen molar-refractivity contribution < 1.29 is 9.59 Å². The molecule has 1 aliphatic heterocycles. The first-order valence-electron chi connectivity index (χ1n) is 8.08. The number of aromatic nitrogens is 1. The summed E-state index contributed by atoms with van der Waals surface area (Å²) in [4.78, 5) is 23.7. The zero-order valence-corrected chi connectivity index (χ0v) is 17.2. The van der Waals surface area contributed by atoms with E-state index in [1.807, 2.05) is 6.07 Å². The van der Waals surface area contributed by atoms with Crippen LogP contribution in [0.25, 0.3) is 5.57 Å². The zero-order valence-electron chi connectivity index (χ0n) is 14.6. The molecule has 1 aliphatic rings. The molecule has 0 spiro atoms. The molecule has 0 unspecified atom stereocenters. The van der Waals surface area contributed by atoms with Crippen molar-refractivity contribution in [1.82, 2.24) is 9.55 Å². The van der Waals surface area contributed by atoms with Gasteiger partial charge in [0.15, 0.2) is 8.24 Å². The van der Waals surface area contributed by atoms with Crippen LogP contribution in [0.2, 0.25) is 16.6 Å². The predicted molar refractivity (Wildman–Crippen MR) is 99.9 cm³/mol. The normalized spacial score (nSPS) is 16.3. The Labute approximate surface area is 147 Å². The van der Waals surface area contributed by atoms with Crippen LogP contribution in [0.4, 0.5) is 0 Å². The monoisotopic (exact) mass is 396 g/mol. The van der Waals surface area contributed by atoms with E-state index in [2.05, 4.69) is 79.4 Å². The first kappa shape index (κ1) is 18.2. The summed E-state index contributed by atoms with van der Waals surface area (Å²) in [7, 11) is -1.83. The van der Waals surface area contributed by atoms with E-state index in [0.717, 1.165) is 5.56 Å². The van der Waals surface area contributed by atoms with Crippen LogP contribution in [0, 0.1) is 0 Å². The highest BCUT2D eigenvalue weighted by Gasteiger charge is 2.45. The van der Waals surface area contributed by atoms with Gasteiger partial charge < -0.3 is 4.23 Å². The molecular formula is C17H25BrN2O2Si. The van der Waals surface area contributed by atoms with Crippen LogP contribution in [-0.4, -0.2) is 24.3 Å². The van der Waals surface area contributed by atoms with E-state index < -0.39 is 8.24 Å². The molecule has 0 saturated carbocycles. The lowest BCUT2D eigenvalue weighted by atomic mass is 10.1. The Morgan fingerprint density at radius 2 is 1.52 bits per heavy atom. The summed E-state index contributed by atoms with van der Waals surface area (Å²) in [5.41, 5.74) is 2.95. The Hall–Kier alpha value is -1.14. The van der Waals surface area contributed by atoms with Gasteiger partial charge in [-0.25, -0.2) is 0 Å². The van der Waals surface area contributed by atoms with Crippen LogP contribution in [0.1, 0.15) is 47.1 Å². The molecule has 0 atom stereocenters. The molecule has 1 aromatic heterocycles. The standard InChI is InChI=1S/C17H25BrN2O2Si/c1-10(2)23(11(3)4,12(5)6)20-8-7-13(9-20)14-15(18)17(22)19-16(14)21/h7-12H,1-6H3,(H,19,21,22). The van der Waals surface area contributed by atoms with Gasteiger partial charge in [-0.05, 0) is 44.8 Å². The van der Waals surface area contributed by atoms with Gasteiger partial charge >= 0.3 is 0 Å². The lowest BCUT2D eigenvalue weighted by molar-refractivity contribution is -0.123. The van der Waals surface area contributed by atoms with Gasteiger partial charge in [-0.15, -0.1) is 0 Å². The number of hydrogen-bond acceptors (Lipinski definition) is 2. The average Bonchev–Trinajstić information content (AvgIpc) is 2.95. The van der Waals surface area contributed by atoms with Gasteiger partial charge in [0.1, 0.15) is 0 Å². The maximum absolute atomic E-state index is 12.0. The van der Waals surface area contributed by atoms with Crippen molar-refractivity contribution in [3.63, 3.8) is 0 Å².